The number of imidazole rings is 1. The van der Waals surface area contributed by atoms with Crippen LogP contribution in [0.4, 0.5) is 10.2 Å². The topological polar surface area (TPSA) is 43.8 Å². The van der Waals surface area contributed by atoms with Crippen LogP contribution in [-0.2, 0) is 13.0 Å². The van der Waals surface area contributed by atoms with Crippen molar-refractivity contribution in [1.82, 2.24) is 9.55 Å². The molecule has 0 saturated carbocycles. The van der Waals surface area contributed by atoms with Crippen LogP contribution in [-0.4, -0.2) is 9.55 Å². The normalized spacial score (nSPS) is 11.0. The van der Waals surface area contributed by atoms with E-state index >= 15 is 0 Å². The largest absolute Gasteiger partial charge is 0.383 e. The fourth-order valence-corrected chi connectivity index (χ4v) is 2.45. The summed E-state index contributed by atoms with van der Waals surface area (Å²) in [6.45, 7) is 7.03. The van der Waals surface area contributed by atoms with Crippen molar-refractivity contribution in [3.63, 3.8) is 0 Å². The fourth-order valence-electron chi connectivity index (χ4n) is 2.45. The Hall–Kier alpha value is -1.84. The highest BCUT2D eigenvalue weighted by Gasteiger charge is 2.17. The third kappa shape index (κ3) is 2.69. The van der Waals surface area contributed by atoms with Gasteiger partial charge in [0.2, 0.25) is 0 Å². The van der Waals surface area contributed by atoms with Gasteiger partial charge in [-0.25, -0.2) is 9.37 Å². The quantitative estimate of drug-likeness (QED) is 0.898. The first-order valence-corrected chi connectivity index (χ1v) is 7.19. The van der Waals surface area contributed by atoms with Crippen LogP contribution in [0.1, 0.15) is 38.1 Å². The molecule has 0 saturated heterocycles. The maximum absolute atomic E-state index is 13.5. The van der Waals surface area contributed by atoms with Crippen molar-refractivity contribution in [3.8, 4) is 11.3 Å². The van der Waals surface area contributed by atoms with Crippen molar-refractivity contribution in [2.24, 2.45) is 0 Å². The van der Waals surface area contributed by atoms with Gasteiger partial charge in [-0.3, -0.25) is 0 Å². The number of hydrogen-bond donors (Lipinski definition) is 1. The Kier molecular flexibility index (Phi) is 4.42. The third-order valence-corrected chi connectivity index (χ3v) is 3.46. The van der Waals surface area contributed by atoms with Crippen molar-refractivity contribution in [3.05, 3.63) is 35.4 Å². The van der Waals surface area contributed by atoms with Gasteiger partial charge in [0.15, 0.2) is 0 Å². The molecule has 2 rings (SSSR count). The summed E-state index contributed by atoms with van der Waals surface area (Å²) >= 11 is 0. The van der Waals surface area contributed by atoms with Crippen molar-refractivity contribution >= 4 is 5.82 Å². The summed E-state index contributed by atoms with van der Waals surface area (Å²) in [6, 6.07) is 4.74. The molecular formula is C16H22FN3. The van der Waals surface area contributed by atoms with Gasteiger partial charge in [-0.05, 0) is 37.5 Å². The number of anilines is 1. The van der Waals surface area contributed by atoms with Crippen LogP contribution < -0.4 is 5.73 Å². The van der Waals surface area contributed by atoms with E-state index in [2.05, 4.69) is 23.4 Å². The number of hydrogen-bond acceptors (Lipinski definition) is 2. The molecule has 0 aliphatic carbocycles. The Labute approximate surface area is 119 Å². The first kappa shape index (κ1) is 14.6. The maximum atomic E-state index is 13.5. The van der Waals surface area contributed by atoms with Gasteiger partial charge in [0, 0.05) is 18.5 Å². The molecular weight excluding hydrogens is 253 g/mol. The smallest absolute Gasteiger partial charge is 0.131 e. The van der Waals surface area contributed by atoms with Crippen LogP contribution in [0.15, 0.2) is 18.2 Å². The number of nitrogen functional groups attached to an aromatic ring is 1. The fraction of sp³-hybridized carbons (Fsp3) is 0.438. The van der Waals surface area contributed by atoms with Crippen LogP contribution >= 0.6 is 0 Å². The summed E-state index contributed by atoms with van der Waals surface area (Å²) in [5.41, 5.74) is 8.73. The molecule has 20 heavy (non-hydrogen) atoms. The zero-order valence-corrected chi connectivity index (χ0v) is 12.4. The zero-order valence-electron chi connectivity index (χ0n) is 12.4. The minimum absolute atomic E-state index is 0.257. The lowest BCUT2D eigenvalue weighted by molar-refractivity contribution is 0.628. The monoisotopic (exact) mass is 275 g/mol. The summed E-state index contributed by atoms with van der Waals surface area (Å²) in [4.78, 5) is 4.66. The van der Waals surface area contributed by atoms with Crippen molar-refractivity contribution in [1.29, 1.82) is 0 Å². The number of rotatable bonds is 5. The number of aromatic nitrogens is 2. The molecule has 0 unspecified atom stereocenters. The first-order chi connectivity index (χ1) is 9.58. The molecule has 0 fully saturated rings. The molecule has 1 aromatic carbocycles. The minimum atomic E-state index is -0.257. The van der Waals surface area contributed by atoms with Crippen LogP contribution in [0.5, 0.6) is 0 Å². The standard InChI is InChI=1S/C16H22FN3/c1-4-6-14-19-15(16(18)20(14)9-5-2)13-10-12(17)8-7-11(13)3/h7-8,10H,4-6,9,18H2,1-3H3. The molecule has 0 spiro atoms. The summed E-state index contributed by atoms with van der Waals surface area (Å²) in [5, 5.41) is 0. The summed E-state index contributed by atoms with van der Waals surface area (Å²) in [5.74, 6) is 1.38. The maximum Gasteiger partial charge on any atom is 0.131 e. The second kappa shape index (κ2) is 6.07. The third-order valence-electron chi connectivity index (χ3n) is 3.46. The molecule has 0 atom stereocenters. The van der Waals surface area contributed by atoms with Gasteiger partial charge in [0.1, 0.15) is 23.2 Å². The van der Waals surface area contributed by atoms with E-state index in [0.29, 0.717) is 11.5 Å². The van der Waals surface area contributed by atoms with Crippen molar-refractivity contribution < 1.29 is 4.39 Å². The summed E-state index contributed by atoms with van der Waals surface area (Å²) < 4.78 is 15.6. The molecule has 4 heteroatoms. The number of nitrogens with zero attached hydrogens (tertiary/aromatic N) is 2. The lowest BCUT2D eigenvalue weighted by Crippen LogP contribution is -2.06. The average Bonchev–Trinajstić information content (AvgIpc) is 2.71. The Morgan fingerprint density at radius 1 is 1.25 bits per heavy atom. The molecule has 2 aromatic rings. The van der Waals surface area contributed by atoms with Gasteiger partial charge < -0.3 is 10.3 Å². The number of benzene rings is 1. The van der Waals surface area contributed by atoms with Gasteiger partial charge in [-0.15, -0.1) is 0 Å². The Bertz CT molecular complexity index is 602. The van der Waals surface area contributed by atoms with Gasteiger partial charge in [0.05, 0.1) is 0 Å². The van der Waals surface area contributed by atoms with E-state index in [1.54, 1.807) is 6.07 Å². The number of aryl methyl sites for hydroxylation is 2. The summed E-state index contributed by atoms with van der Waals surface area (Å²) in [6.07, 6.45) is 2.90. The van der Waals surface area contributed by atoms with E-state index in [-0.39, 0.29) is 5.82 Å². The predicted molar refractivity (Wildman–Crippen MR) is 81.1 cm³/mol. The lowest BCUT2D eigenvalue weighted by Gasteiger charge is -2.08. The SMILES string of the molecule is CCCc1nc(-c2cc(F)ccc2C)c(N)n1CCC. The molecule has 0 aliphatic heterocycles. The molecule has 1 heterocycles. The second-order valence-electron chi connectivity index (χ2n) is 5.12. The highest BCUT2D eigenvalue weighted by molar-refractivity contribution is 5.73. The van der Waals surface area contributed by atoms with Crippen LogP contribution in [0.25, 0.3) is 11.3 Å². The van der Waals surface area contributed by atoms with Gasteiger partial charge in [-0.2, -0.15) is 0 Å². The van der Waals surface area contributed by atoms with Crippen molar-refractivity contribution in [2.75, 3.05) is 5.73 Å². The van der Waals surface area contributed by atoms with Crippen molar-refractivity contribution in [2.45, 2.75) is 46.6 Å². The molecule has 108 valence electrons. The van der Waals surface area contributed by atoms with E-state index in [4.69, 9.17) is 5.73 Å². The number of halogens is 1. The highest BCUT2D eigenvalue weighted by atomic mass is 19.1. The van der Waals surface area contributed by atoms with Crippen LogP contribution in [0.3, 0.4) is 0 Å². The first-order valence-electron chi connectivity index (χ1n) is 7.19. The lowest BCUT2D eigenvalue weighted by atomic mass is 10.1. The minimum Gasteiger partial charge on any atom is -0.383 e. The van der Waals surface area contributed by atoms with Crippen LogP contribution in [0.2, 0.25) is 0 Å². The molecule has 2 N–H and O–H groups in total. The van der Waals surface area contributed by atoms with Gasteiger partial charge in [-0.1, -0.05) is 19.9 Å². The number of nitrogens with two attached hydrogens (primary N) is 1. The van der Waals surface area contributed by atoms with Crippen LogP contribution in [0, 0.1) is 12.7 Å². The van der Waals surface area contributed by atoms with E-state index < -0.39 is 0 Å². The zero-order chi connectivity index (χ0) is 14.7. The average molecular weight is 275 g/mol. The molecule has 1 aromatic heterocycles. The van der Waals surface area contributed by atoms with E-state index in [0.717, 1.165) is 42.8 Å². The van der Waals surface area contributed by atoms with E-state index in [1.807, 2.05) is 6.92 Å². The Morgan fingerprint density at radius 3 is 2.65 bits per heavy atom. The van der Waals surface area contributed by atoms with E-state index in [1.165, 1.54) is 12.1 Å². The molecule has 0 aliphatic rings. The summed E-state index contributed by atoms with van der Waals surface area (Å²) in [7, 11) is 0. The van der Waals surface area contributed by atoms with E-state index in [9.17, 15) is 4.39 Å². The second-order valence-corrected chi connectivity index (χ2v) is 5.12. The van der Waals surface area contributed by atoms with Gasteiger partial charge >= 0.3 is 0 Å². The van der Waals surface area contributed by atoms with Gasteiger partial charge in [0.25, 0.3) is 0 Å². The Morgan fingerprint density at radius 2 is 2.00 bits per heavy atom. The molecule has 3 nitrogen and oxygen atoms in total. The molecule has 0 amide bonds. The predicted octanol–water partition coefficient (Wildman–Crippen LogP) is 3.94. The Balaban J connectivity index is 2.56. The highest BCUT2D eigenvalue weighted by Crippen LogP contribution is 2.30. The molecule has 0 bridgehead atoms. The molecule has 0 radical (unpaired) electrons.